The lowest BCUT2D eigenvalue weighted by Gasteiger charge is -2.05. The fourth-order valence-corrected chi connectivity index (χ4v) is 2.77. The van der Waals surface area contributed by atoms with Crippen LogP contribution >= 0.6 is 11.8 Å². The predicted octanol–water partition coefficient (Wildman–Crippen LogP) is -1.26. The number of rotatable bonds is 0. The van der Waals surface area contributed by atoms with Crippen LogP contribution in [0.3, 0.4) is 0 Å². The molecule has 2 heterocycles. The lowest BCUT2D eigenvalue weighted by atomic mass is 10.0. The molecule has 0 aliphatic carbocycles. The van der Waals surface area contributed by atoms with Gasteiger partial charge in [-0.3, -0.25) is 14.9 Å². The summed E-state index contributed by atoms with van der Waals surface area (Å²) >= 11 is 1.35. The van der Waals surface area contributed by atoms with Crippen molar-refractivity contribution >= 4 is 23.6 Å². The lowest BCUT2D eigenvalue weighted by Crippen LogP contribution is -2.29. The molecule has 4 nitrogen and oxygen atoms in total. The number of fused-ring (bicyclic) bond motifs is 1. The summed E-state index contributed by atoms with van der Waals surface area (Å²) in [6, 6.07) is 0. The molecule has 0 saturated carbocycles. The van der Waals surface area contributed by atoms with Crippen molar-refractivity contribution < 1.29 is 14.7 Å². The maximum absolute atomic E-state index is 11.0. The number of hydrogen-bond acceptors (Lipinski definition) is 4. The van der Waals surface area contributed by atoms with E-state index in [1.807, 2.05) is 0 Å². The summed E-state index contributed by atoms with van der Waals surface area (Å²) in [6.07, 6.45) is -0.642. The van der Waals surface area contributed by atoms with Crippen LogP contribution in [0.25, 0.3) is 0 Å². The third kappa shape index (κ3) is 0.877. The first kappa shape index (κ1) is 7.12. The average molecular weight is 173 g/mol. The van der Waals surface area contributed by atoms with E-state index in [1.165, 1.54) is 11.8 Å². The molecular weight excluding hydrogens is 166 g/mol. The second-order valence-electron chi connectivity index (χ2n) is 2.70. The third-order valence-corrected chi connectivity index (χ3v) is 3.40. The van der Waals surface area contributed by atoms with Gasteiger partial charge in [-0.1, -0.05) is 0 Å². The molecule has 0 spiro atoms. The third-order valence-electron chi connectivity index (χ3n) is 1.99. The fraction of sp³-hybridized carbons (Fsp3) is 0.667. The number of imide groups is 1. The Kier molecular flexibility index (Phi) is 1.43. The van der Waals surface area contributed by atoms with Gasteiger partial charge in [-0.05, 0) is 0 Å². The van der Waals surface area contributed by atoms with E-state index in [2.05, 4.69) is 5.32 Å². The van der Waals surface area contributed by atoms with Crippen molar-refractivity contribution in [3.05, 3.63) is 0 Å². The minimum absolute atomic E-state index is 0.249. The highest BCUT2D eigenvalue weighted by atomic mass is 32.2. The van der Waals surface area contributed by atoms with Gasteiger partial charge in [0, 0.05) is 5.75 Å². The van der Waals surface area contributed by atoms with Crippen molar-refractivity contribution in [3.63, 3.8) is 0 Å². The normalized spacial score (nSPS) is 42.5. The summed E-state index contributed by atoms with van der Waals surface area (Å²) < 4.78 is 0. The number of nitrogens with one attached hydrogen (secondary N) is 1. The number of hydrogen-bond donors (Lipinski definition) is 2. The van der Waals surface area contributed by atoms with E-state index in [-0.39, 0.29) is 17.1 Å². The van der Waals surface area contributed by atoms with Crippen LogP contribution in [0.5, 0.6) is 0 Å². The molecule has 2 N–H and O–H groups in total. The molecule has 2 aliphatic heterocycles. The molecule has 0 radical (unpaired) electrons. The van der Waals surface area contributed by atoms with Gasteiger partial charge in [0.15, 0.2) is 0 Å². The van der Waals surface area contributed by atoms with Crippen molar-refractivity contribution in [3.8, 4) is 0 Å². The monoisotopic (exact) mass is 173 g/mol. The molecule has 0 unspecified atom stereocenters. The number of carbonyl (C=O) groups excluding carboxylic acids is 2. The Morgan fingerprint density at radius 1 is 1.45 bits per heavy atom. The summed E-state index contributed by atoms with van der Waals surface area (Å²) in [5.41, 5.74) is 0. The number of aliphatic hydroxyl groups excluding tert-OH is 1. The highest BCUT2D eigenvalue weighted by molar-refractivity contribution is 8.01. The standard InChI is InChI=1S/C6H7NO3S/c8-2-1-11-4-3(2)5(9)7-6(4)10/h2-4,8H,1H2,(H,7,9,10)/t2-,3-,4-/m1/s1. The molecule has 60 valence electrons. The number of carbonyl (C=O) groups is 2. The minimum Gasteiger partial charge on any atom is -0.391 e. The smallest absolute Gasteiger partial charge is 0.240 e. The number of aliphatic hydroxyl groups is 1. The largest absolute Gasteiger partial charge is 0.391 e. The molecule has 0 aromatic rings. The van der Waals surface area contributed by atoms with Crippen LogP contribution < -0.4 is 5.32 Å². The Labute approximate surface area is 67.3 Å². The average Bonchev–Trinajstić information content (AvgIpc) is 2.41. The van der Waals surface area contributed by atoms with E-state index in [0.717, 1.165) is 0 Å². The molecule has 2 saturated heterocycles. The van der Waals surface area contributed by atoms with Gasteiger partial charge in [0.25, 0.3) is 0 Å². The molecule has 3 atom stereocenters. The second-order valence-corrected chi connectivity index (χ2v) is 3.88. The van der Waals surface area contributed by atoms with Crippen molar-refractivity contribution in [1.82, 2.24) is 5.32 Å². The molecule has 11 heavy (non-hydrogen) atoms. The summed E-state index contributed by atoms with van der Waals surface area (Å²) in [7, 11) is 0. The topological polar surface area (TPSA) is 66.4 Å². The van der Waals surface area contributed by atoms with E-state index < -0.39 is 12.0 Å². The Bertz CT molecular complexity index is 230. The number of amides is 2. The van der Waals surface area contributed by atoms with Crippen LogP contribution in [0.2, 0.25) is 0 Å². The van der Waals surface area contributed by atoms with Crippen LogP contribution in [0.4, 0.5) is 0 Å². The quantitative estimate of drug-likeness (QED) is 0.448. The van der Waals surface area contributed by atoms with Crippen molar-refractivity contribution in [2.45, 2.75) is 11.4 Å². The SMILES string of the molecule is O=C1NC(=O)[C@@H]2SC[C@@H](O)[C@@H]12. The Morgan fingerprint density at radius 3 is 2.82 bits per heavy atom. The molecule has 2 aliphatic rings. The van der Waals surface area contributed by atoms with E-state index in [0.29, 0.717) is 5.75 Å². The predicted molar refractivity (Wildman–Crippen MR) is 38.9 cm³/mol. The minimum atomic E-state index is -0.642. The maximum atomic E-state index is 11.0. The fourth-order valence-electron chi connectivity index (χ4n) is 1.44. The van der Waals surface area contributed by atoms with Gasteiger partial charge in [-0.25, -0.2) is 0 Å². The highest BCUT2D eigenvalue weighted by Crippen LogP contribution is 2.35. The van der Waals surface area contributed by atoms with Crippen molar-refractivity contribution in [2.75, 3.05) is 5.75 Å². The molecule has 2 amide bonds. The summed E-state index contributed by atoms with van der Waals surface area (Å²) in [6.45, 7) is 0. The molecule has 2 rings (SSSR count). The summed E-state index contributed by atoms with van der Waals surface area (Å²) in [5.74, 6) is -0.569. The van der Waals surface area contributed by atoms with Gasteiger partial charge < -0.3 is 5.11 Å². The van der Waals surface area contributed by atoms with Gasteiger partial charge in [0.2, 0.25) is 11.8 Å². The maximum Gasteiger partial charge on any atom is 0.240 e. The Hall–Kier alpha value is -0.550. The Morgan fingerprint density at radius 2 is 2.18 bits per heavy atom. The van der Waals surface area contributed by atoms with Crippen LogP contribution in [0.15, 0.2) is 0 Å². The summed E-state index contributed by atoms with van der Waals surface area (Å²) in [4.78, 5) is 21.9. The van der Waals surface area contributed by atoms with Gasteiger partial charge in [0.05, 0.1) is 17.3 Å². The highest BCUT2D eigenvalue weighted by Gasteiger charge is 2.50. The molecule has 2 fully saturated rings. The molecule has 0 aromatic carbocycles. The van der Waals surface area contributed by atoms with Gasteiger partial charge in [0.1, 0.15) is 0 Å². The second kappa shape index (κ2) is 2.22. The lowest BCUT2D eigenvalue weighted by molar-refractivity contribution is -0.126. The van der Waals surface area contributed by atoms with Crippen LogP contribution in [0.1, 0.15) is 0 Å². The molecule has 5 heteroatoms. The van der Waals surface area contributed by atoms with Crippen LogP contribution in [-0.2, 0) is 9.59 Å². The van der Waals surface area contributed by atoms with E-state index in [1.54, 1.807) is 0 Å². The zero-order valence-electron chi connectivity index (χ0n) is 5.61. The number of thioether (sulfide) groups is 1. The van der Waals surface area contributed by atoms with Gasteiger partial charge in [-0.15, -0.1) is 11.8 Å². The van der Waals surface area contributed by atoms with Crippen molar-refractivity contribution in [2.24, 2.45) is 5.92 Å². The summed E-state index contributed by atoms with van der Waals surface area (Å²) in [5, 5.41) is 11.1. The first-order chi connectivity index (χ1) is 5.20. The first-order valence-electron chi connectivity index (χ1n) is 3.34. The van der Waals surface area contributed by atoms with Crippen LogP contribution in [0, 0.1) is 5.92 Å². The zero-order chi connectivity index (χ0) is 8.01. The Balaban J connectivity index is 2.28. The van der Waals surface area contributed by atoms with Crippen molar-refractivity contribution in [1.29, 1.82) is 0 Å². The van der Waals surface area contributed by atoms with E-state index in [9.17, 15) is 14.7 Å². The zero-order valence-corrected chi connectivity index (χ0v) is 6.43. The van der Waals surface area contributed by atoms with Crippen LogP contribution in [-0.4, -0.2) is 34.0 Å². The molecule has 0 bridgehead atoms. The van der Waals surface area contributed by atoms with Gasteiger partial charge in [-0.2, -0.15) is 0 Å². The first-order valence-corrected chi connectivity index (χ1v) is 4.39. The van der Waals surface area contributed by atoms with E-state index in [4.69, 9.17) is 0 Å². The van der Waals surface area contributed by atoms with E-state index >= 15 is 0 Å². The molecular formula is C6H7NO3S. The molecule has 0 aromatic heterocycles. The van der Waals surface area contributed by atoms with Gasteiger partial charge >= 0.3 is 0 Å².